The van der Waals surface area contributed by atoms with Gasteiger partial charge in [0.1, 0.15) is 0 Å². The van der Waals surface area contributed by atoms with E-state index in [4.69, 9.17) is 0 Å². The van der Waals surface area contributed by atoms with Gasteiger partial charge in [0, 0.05) is 25.4 Å². The second-order valence-corrected chi connectivity index (χ2v) is 4.05. The third-order valence-corrected chi connectivity index (χ3v) is 2.49. The number of aryl methyl sites for hydroxylation is 1. The number of aromatic nitrogens is 1. The molecule has 0 saturated heterocycles. The van der Waals surface area contributed by atoms with Crippen molar-refractivity contribution in [2.75, 3.05) is 5.32 Å². The first-order valence-electron chi connectivity index (χ1n) is 5.56. The van der Waals surface area contributed by atoms with Crippen LogP contribution in [0.1, 0.15) is 33.1 Å². The molecule has 0 spiro atoms. The Morgan fingerprint density at radius 2 is 2.20 bits per heavy atom. The van der Waals surface area contributed by atoms with E-state index in [1.807, 2.05) is 12.3 Å². The van der Waals surface area contributed by atoms with E-state index in [2.05, 4.69) is 19.2 Å². The molecule has 0 aliphatic carbocycles. The average Bonchev–Trinajstić information content (AvgIpc) is 2.20. The van der Waals surface area contributed by atoms with Gasteiger partial charge in [-0.15, -0.1) is 0 Å². The van der Waals surface area contributed by atoms with Crippen LogP contribution in [0.15, 0.2) is 23.1 Å². The summed E-state index contributed by atoms with van der Waals surface area (Å²) in [4.78, 5) is 11.2. The van der Waals surface area contributed by atoms with Gasteiger partial charge in [-0.1, -0.05) is 19.8 Å². The van der Waals surface area contributed by atoms with Crippen molar-refractivity contribution in [1.82, 2.24) is 4.57 Å². The Labute approximate surface area is 91.1 Å². The van der Waals surface area contributed by atoms with Gasteiger partial charge in [-0.05, 0) is 19.4 Å². The largest absolute Gasteiger partial charge is 0.381 e. The minimum atomic E-state index is 0.0294. The van der Waals surface area contributed by atoms with Crippen molar-refractivity contribution >= 4 is 5.69 Å². The van der Waals surface area contributed by atoms with E-state index in [1.165, 1.54) is 19.3 Å². The van der Waals surface area contributed by atoms with Crippen LogP contribution in [-0.2, 0) is 7.05 Å². The molecule has 0 bridgehead atoms. The number of hydrogen-bond donors (Lipinski definition) is 1. The summed E-state index contributed by atoms with van der Waals surface area (Å²) in [5.74, 6) is 0. The van der Waals surface area contributed by atoms with Gasteiger partial charge in [0.25, 0.3) is 0 Å². The van der Waals surface area contributed by atoms with Gasteiger partial charge in [0.05, 0.1) is 5.69 Å². The number of pyridine rings is 1. The molecule has 3 heteroatoms. The fraction of sp³-hybridized carbons (Fsp3) is 0.583. The maximum Gasteiger partial charge on any atom is 0.250 e. The van der Waals surface area contributed by atoms with E-state index in [0.717, 1.165) is 5.69 Å². The molecule has 1 N–H and O–H groups in total. The number of hydrogen-bond acceptors (Lipinski definition) is 2. The van der Waals surface area contributed by atoms with E-state index >= 15 is 0 Å². The maximum absolute atomic E-state index is 11.2. The molecule has 1 aromatic heterocycles. The Balaban J connectivity index is 2.57. The number of anilines is 1. The van der Waals surface area contributed by atoms with E-state index in [-0.39, 0.29) is 5.56 Å². The molecular weight excluding hydrogens is 188 g/mol. The second-order valence-electron chi connectivity index (χ2n) is 4.05. The molecule has 0 aliphatic heterocycles. The highest BCUT2D eigenvalue weighted by molar-refractivity contribution is 5.40. The van der Waals surface area contributed by atoms with Crippen molar-refractivity contribution in [3.63, 3.8) is 0 Å². The highest BCUT2D eigenvalue weighted by atomic mass is 16.1. The Kier molecular flexibility index (Phi) is 4.40. The van der Waals surface area contributed by atoms with Crippen molar-refractivity contribution in [2.45, 2.75) is 39.2 Å². The highest BCUT2D eigenvalue weighted by Gasteiger charge is 2.01. The van der Waals surface area contributed by atoms with Crippen LogP contribution in [0.25, 0.3) is 0 Å². The highest BCUT2D eigenvalue weighted by Crippen LogP contribution is 2.08. The van der Waals surface area contributed by atoms with Crippen molar-refractivity contribution in [3.8, 4) is 0 Å². The zero-order chi connectivity index (χ0) is 11.3. The lowest BCUT2D eigenvalue weighted by molar-refractivity contribution is 0.644. The van der Waals surface area contributed by atoms with Crippen molar-refractivity contribution in [2.24, 2.45) is 7.05 Å². The van der Waals surface area contributed by atoms with Gasteiger partial charge < -0.3 is 9.88 Å². The quantitative estimate of drug-likeness (QED) is 0.806. The topological polar surface area (TPSA) is 34.0 Å². The summed E-state index contributed by atoms with van der Waals surface area (Å²) in [5, 5.41) is 3.38. The summed E-state index contributed by atoms with van der Waals surface area (Å²) >= 11 is 0. The van der Waals surface area contributed by atoms with Gasteiger partial charge in [-0.3, -0.25) is 4.79 Å². The van der Waals surface area contributed by atoms with Crippen LogP contribution >= 0.6 is 0 Å². The molecule has 1 atom stereocenters. The lowest BCUT2D eigenvalue weighted by Gasteiger charge is -2.15. The molecule has 0 aromatic carbocycles. The molecule has 0 radical (unpaired) electrons. The van der Waals surface area contributed by atoms with E-state index < -0.39 is 0 Å². The lowest BCUT2D eigenvalue weighted by Crippen LogP contribution is -2.19. The predicted molar refractivity (Wildman–Crippen MR) is 64.3 cm³/mol. The molecule has 1 aromatic rings. The molecule has 15 heavy (non-hydrogen) atoms. The summed E-state index contributed by atoms with van der Waals surface area (Å²) in [6, 6.07) is 3.89. The van der Waals surface area contributed by atoms with Crippen LogP contribution in [-0.4, -0.2) is 10.6 Å². The molecule has 84 valence electrons. The van der Waals surface area contributed by atoms with E-state index in [9.17, 15) is 4.79 Å². The number of rotatable bonds is 5. The van der Waals surface area contributed by atoms with E-state index in [1.54, 1.807) is 17.7 Å². The SMILES string of the molecule is CCCCC(C)Nc1ccc(=O)n(C)c1. The first kappa shape index (κ1) is 11.8. The van der Waals surface area contributed by atoms with Crippen LogP contribution in [0.2, 0.25) is 0 Å². The number of nitrogens with one attached hydrogen (secondary N) is 1. The van der Waals surface area contributed by atoms with Gasteiger partial charge in [-0.2, -0.15) is 0 Å². The summed E-state index contributed by atoms with van der Waals surface area (Å²) < 4.78 is 1.59. The minimum absolute atomic E-state index is 0.0294. The van der Waals surface area contributed by atoms with Crippen molar-refractivity contribution in [1.29, 1.82) is 0 Å². The normalized spacial score (nSPS) is 12.5. The first-order chi connectivity index (χ1) is 7.13. The Bertz CT molecular complexity index is 357. The lowest BCUT2D eigenvalue weighted by atomic mass is 10.1. The molecular formula is C12H20N2O. The maximum atomic E-state index is 11.2. The van der Waals surface area contributed by atoms with Crippen LogP contribution in [0.4, 0.5) is 5.69 Å². The van der Waals surface area contributed by atoms with Crippen LogP contribution < -0.4 is 10.9 Å². The summed E-state index contributed by atoms with van der Waals surface area (Å²) in [6.07, 6.45) is 5.46. The zero-order valence-electron chi connectivity index (χ0n) is 9.79. The fourth-order valence-corrected chi connectivity index (χ4v) is 1.55. The van der Waals surface area contributed by atoms with Crippen molar-refractivity contribution in [3.05, 3.63) is 28.7 Å². The third-order valence-electron chi connectivity index (χ3n) is 2.49. The van der Waals surface area contributed by atoms with Gasteiger partial charge in [-0.25, -0.2) is 0 Å². The molecule has 0 amide bonds. The third kappa shape index (κ3) is 3.78. The standard InChI is InChI=1S/C12H20N2O/c1-4-5-6-10(2)13-11-7-8-12(15)14(3)9-11/h7-10,13H,4-6H2,1-3H3. The summed E-state index contributed by atoms with van der Waals surface area (Å²) in [7, 11) is 1.77. The Hall–Kier alpha value is -1.25. The smallest absolute Gasteiger partial charge is 0.250 e. The molecule has 1 heterocycles. The minimum Gasteiger partial charge on any atom is -0.381 e. The molecule has 0 saturated carbocycles. The van der Waals surface area contributed by atoms with Gasteiger partial charge in [0.2, 0.25) is 5.56 Å². The zero-order valence-corrected chi connectivity index (χ0v) is 9.79. The Morgan fingerprint density at radius 3 is 2.80 bits per heavy atom. The van der Waals surface area contributed by atoms with E-state index in [0.29, 0.717) is 6.04 Å². The molecule has 0 fully saturated rings. The van der Waals surface area contributed by atoms with Gasteiger partial charge >= 0.3 is 0 Å². The predicted octanol–water partition coefficient (Wildman–Crippen LogP) is 2.38. The monoisotopic (exact) mass is 208 g/mol. The number of nitrogens with zero attached hydrogens (tertiary/aromatic N) is 1. The summed E-state index contributed by atoms with van der Waals surface area (Å²) in [6.45, 7) is 4.36. The molecule has 3 nitrogen and oxygen atoms in total. The number of unbranched alkanes of at least 4 members (excludes halogenated alkanes) is 1. The van der Waals surface area contributed by atoms with Crippen LogP contribution in [0.3, 0.4) is 0 Å². The Morgan fingerprint density at radius 1 is 1.47 bits per heavy atom. The summed E-state index contributed by atoms with van der Waals surface area (Å²) in [5.41, 5.74) is 1.04. The molecule has 1 rings (SSSR count). The van der Waals surface area contributed by atoms with Crippen molar-refractivity contribution < 1.29 is 0 Å². The average molecular weight is 208 g/mol. The van der Waals surface area contributed by atoms with Crippen LogP contribution in [0, 0.1) is 0 Å². The molecule has 0 aliphatic rings. The fourth-order valence-electron chi connectivity index (χ4n) is 1.55. The van der Waals surface area contributed by atoms with Crippen LogP contribution in [0.5, 0.6) is 0 Å². The molecule has 1 unspecified atom stereocenters. The first-order valence-corrected chi connectivity index (χ1v) is 5.56. The second kappa shape index (κ2) is 5.59. The van der Waals surface area contributed by atoms with Gasteiger partial charge in [0.15, 0.2) is 0 Å².